The van der Waals surface area contributed by atoms with Crippen LogP contribution in [0.15, 0.2) is 201 Å². The molecule has 66 heavy (non-hydrogen) atoms. The van der Waals surface area contributed by atoms with Gasteiger partial charge in [0, 0.05) is 40.3 Å². The number of benzene rings is 6. The highest BCUT2D eigenvalue weighted by Gasteiger charge is 2.12. The van der Waals surface area contributed by atoms with Gasteiger partial charge in [0.2, 0.25) is 0 Å². The molecular formula is C64H68S2. The summed E-state index contributed by atoms with van der Waals surface area (Å²) in [6.45, 7) is 24.8. The minimum Gasteiger partial charge on any atom is -0.135 e. The van der Waals surface area contributed by atoms with Gasteiger partial charge in [-0.15, -0.1) is 22.7 Å². The van der Waals surface area contributed by atoms with Gasteiger partial charge >= 0.3 is 0 Å². The van der Waals surface area contributed by atoms with Gasteiger partial charge in [-0.1, -0.05) is 232 Å². The molecule has 0 aliphatic heterocycles. The fourth-order valence-electron chi connectivity index (χ4n) is 7.91. The number of fused-ring (bicyclic) bond motifs is 6. The van der Waals surface area contributed by atoms with Crippen molar-refractivity contribution in [2.75, 3.05) is 0 Å². The molecule has 2 heterocycles. The van der Waals surface area contributed by atoms with E-state index in [-0.39, 0.29) is 0 Å². The standard InChI is InChI=1S/C45H42S.C15H14S.2C2H6/c1-6-10-12-13-18-33(5)38-30-39(35(9-4)19-11-7-2)32-40(31-38)36-27-24-34(25-28-36)26-29-37(17-8-3)41-21-16-22-43-42-20-14-15-23-44(42)46-45(41)43;1-2-6-11-7-5-9-13-12-8-3-4-10-14(12)16-15(11)13;2*1-2/h6-7,10-32H,1,5,8-9H2,2-4H3;3-5,7-10H,2,6H2,1H3;2*1-2H3/b11-7-,12-10-,18-13-,29-26-,35-19+,37-17+;;;. The molecule has 8 rings (SSSR count). The van der Waals surface area contributed by atoms with Gasteiger partial charge < -0.3 is 0 Å². The van der Waals surface area contributed by atoms with Crippen LogP contribution in [0.1, 0.15) is 102 Å². The van der Waals surface area contributed by atoms with E-state index in [1.165, 1.54) is 97.7 Å². The van der Waals surface area contributed by atoms with Gasteiger partial charge in [0.1, 0.15) is 0 Å². The molecule has 2 aromatic heterocycles. The van der Waals surface area contributed by atoms with Gasteiger partial charge in [0.05, 0.1) is 0 Å². The van der Waals surface area contributed by atoms with Crippen molar-refractivity contribution in [1.82, 2.24) is 0 Å². The first-order chi connectivity index (χ1) is 32.5. The Kier molecular flexibility index (Phi) is 20.4. The van der Waals surface area contributed by atoms with E-state index in [9.17, 15) is 0 Å². The van der Waals surface area contributed by atoms with Crippen molar-refractivity contribution in [2.45, 2.75) is 81.1 Å². The Morgan fingerprint density at radius 2 is 1.21 bits per heavy atom. The zero-order valence-electron chi connectivity index (χ0n) is 40.5. The van der Waals surface area contributed by atoms with Crippen molar-refractivity contribution in [1.29, 1.82) is 0 Å². The van der Waals surface area contributed by atoms with Crippen LogP contribution in [-0.4, -0.2) is 0 Å². The predicted molar refractivity (Wildman–Crippen MR) is 305 cm³/mol. The fraction of sp³-hybridized carbons (Fsp3) is 0.188. The second-order valence-corrected chi connectivity index (χ2v) is 17.4. The summed E-state index contributed by atoms with van der Waals surface area (Å²) in [6, 6.07) is 46.5. The molecule has 2 heteroatoms. The zero-order valence-corrected chi connectivity index (χ0v) is 42.2. The molecule has 0 aliphatic rings. The Balaban J connectivity index is 0.000000337. The second-order valence-electron chi connectivity index (χ2n) is 15.3. The Morgan fingerprint density at radius 1 is 0.591 bits per heavy atom. The van der Waals surface area contributed by atoms with E-state index >= 15 is 0 Å². The van der Waals surface area contributed by atoms with Gasteiger partial charge in [-0.3, -0.25) is 0 Å². The Bertz CT molecular complexity index is 3020. The minimum atomic E-state index is 0.949. The van der Waals surface area contributed by atoms with Crippen molar-refractivity contribution >= 4 is 85.8 Å². The lowest BCUT2D eigenvalue weighted by molar-refractivity contribution is 0.931. The number of thiophene rings is 2. The molecule has 8 aromatic rings. The van der Waals surface area contributed by atoms with E-state index in [4.69, 9.17) is 0 Å². The number of aryl methyl sites for hydroxylation is 1. The number of rotatable bonds is 14. The van der Waals surface area contributed by atoms with E-state index in [0.717, 1.165) is 24.0 Å². The van der Waals surface area contributed by atoms with Crippen LogP contribution in [0.3, 0.4) is 0 Å². The van der Waals surface area contributed by atoms with Gasteiger partial charge in [0.25, 0.3) is 0 Å². The van der Waals surface area contributed by atoms with Crippen molar-refractivity contribution in [3.8, 4) is 11.1 Å². The molecule has 0 aliphatic carbocycles. The van der Waals surface area contributed by atoms with Crippen LogP contribution in [0.5, 0.6) is 0 Å². The molecule has 0 bridgehead atoms. The largest absolute Gasteiger partial charge is 0.135 e. The number of allylic oxidation sites excluding steroid dienone is 13. The smallest absolute Gasteiger partial charge is 0.0433 e. The Labute approximate surface area is 404 Å². The Hall–Kier alpha value is -6.32. The maximum atomic E-state index is 4.38. The van der Waals surface area contributed by atoms with E-state index in [1.807, 2.05) is 68.6 Å². The van der Waals surface area contributed by atoms with Crippen molar-refractivity contribution in [2.24, 2.45) is 0 Å². The van der Waals surface area contributed by atoms with Gasteiger partial charge in [-0.25, -0.2) is 0 Å². The van der Waals surface area contributed by atoms with Crippen LogP contribution < -0.4 is 0 Å². The average molecular weight is 901 g/mol. The van der Waals surface area contributed by atoms with Crippen molar-refractivity contribution in [3.63, 3.8) is 0 Å². The van der Waals surface area contributed by atoms with Gasteiger partial charge in [-0.2, -0.15) is 0 Å². The second kappa shape index (κ2) is 26.6. The van der Waals surface area contributed by atoms with Gasteiger partial charge in [0.15, 0.2) is 0 Å². The van der Waals surface area contributed by atoms with E-state index in [1.54, 1.807) is 6.08 Å². The molecule has 336 valence electrons. The van der Waals surface area contributed by atoms with Crippen LogP contribution in [0, 0.1) is 0 Å². The molecule has 0 radical (unpaired) electrons. The Morgan fingerprint density at radius 3 is 1.85 bits per heavy atom. The van der Waals surface area contributed by atoms with Crippen LogP contribution >= 0.6 is 22.7 Å². The molecule has 0 spiro atoms. The summed E-state index contributed by atoms with van der Waals surface area (Å²) in [7, 11) is 0. The summed E-state index contributed by atoms with van der Waals surface area (Å²) in [5.74, 6) is 0. The highest BCUT2D eigenvalue weighted by atomic mass is 32.1. The molecule has 0 atom stereocenters. The summed E-state index contributed by atoms with van der Waals surface area (Å²) < 4.78 is 5.56. The number of hydrogen-bond donors (Lipinski definition) is 0. The molecule has 0 N–H and O–H groups in total. The maximum Gasteiger partial charge on any atom is 0.0433 e. The third-order valence-electron chi connectivity index (χ3n) is 11.0. The normalized spacial score (nSPS) is 11.9. The average Bonchev–Trinajstić information content (AvgIpc) is 3.95. The SMILES string of the molecule is C=C/C=C\C=C/C(=C)c1cc(/C(=C/C=C\C)CC)cc(-c2ccc(/C=C\C(=C/CC)c3cccc4c3sc3ccccc34)cc2)c1.CC.CC.CCCc1cccc2c1sc1ccccc12. The maximum absolute atomic E-state index is 4.38. The first-order valence-corrected chi connectivity index (χ1v) is 25.5. The van der Waals surface area contributed by atoms with Crippen molar-refractivity contribution in [3.05, 3.63) is 229 Å². The van der Waals surface area contributed by atoms with E-state index in [0.29, 0.717) is 0 Å². The van der Waals surface area contributed by atoms with Crippen LogP contribution in [0.4, 0.5) is 0 Å². The molecule has 6 aromatic carbocycles. The summed E-state index contributed by atoms with van der Waals surface area (Å²) in [6.07, 6.45) is 27.3. The summed E-state index contributed by atoms with van der Waals surface area (Å²) in [5.41, 5.74) is 12.2. The minimum absolute atomic E-state index is 0.949. The van der Waals surface area contributed by atoms with Crippen LogP contribution in [0.25, 0.3) is 74.3 Å². The molecular weight excluding hydrogens is 833 g/mol. The van der Waals surface area contributed by atoms with E-state index in [2.05, 4.69) is 211 Å². The first-order valence-electron chi connectivity index (χ1n) is 23.9. The summed E-state index contributed by atoms with van der Waals surface area (Å²) in [4.78, 5) is 0. The first kappa shape index (κ1) is 50.7. The zero-order chi connectivity index (χ0) is 47.3. The quantitative estimate of drug-likeness (QED) is 0.0954. The molecule has 0 nitrogen and oxygen atoms in total. The third kappa shape index (κ3) is 12.7. The highest BCUT2D eigenvalue weighted by molar-refractivity contribution is 7.26. The van der Waals surface area contributed by atoms with Crippen molar-refractivity contribution < 1.29 is 0 Å². The molecule has 0 saturated carbocycles. The lowest BCUT2D eigenvalue weighted by Crippen LogP contribution is -1.90. The molecule has 0 saturated heterocycles. The molecule has 0 fully saturated rings. The summed E-state index contributed by atoms with van der Waals surface area (Å²) in [5, 5.41) is 5.49. The van der Waals surface area contributed by atoms with E-state index < -0.39 is 0 Å². The highest BCUT2D eigenvalue weighted by Crippen LogP contribution is 2.39. The van der Waals surface area contributed by atoms with Gasteiger partial charge in [-0.05, 0) is 112 Å². The lowest BCUT2D eigenvalue weighted by atomic mass is 9.92. The third-order valence-corrected chi connectivity index (χ3v) is 13.5. The molecule has 0 unspecified atom stereocenters. The lowest BCUT2D eigenvalue weighted by Gasteiger charge is -2.13. The predicted octanol–water partition coefficient (Wildman–Crippen LogP) is 21.0. The monoisotopic (exact) mass is 900 g/mol. The topological polar surface area (TPSA) is 0 Å². The van der Waals surface area contributed by atoms with Crippen LogP contribution in [0.2, 0.25) is 0 Å². The van der Waals surface area contributed by atoms with Crippen LogP contribution in [-0.2, 0) is 6.42 Å². The summed E-state index contributed by atoms with van der Waals surface area (Å²) >= 11 is 3.81. The number of hydrogen-bond acceptors (Lipinski definition) is 2. The fourth-order valence-corrected chi connectivity index (χ4v) is 10.4. The molecule has 0 amide bonds.